The molecule has 2 aliphatic heterocycles. The van der Waals surface area contributed by atoms with Crippen LogP contribution in [0.4, 0.5) is 28.4 Å². The molecular weight excluding hydrogens is 944 g/mol. The van der Waals surface area contributed by atoms with Crippen LogP contribution in [0.2, 0.25) is 20.1 Å². The first-order valence-corrected chi connectivity index (χ1v) is 22.3. The van der Waals surface area contributed by atoms with E-state index in [1.807, 2.05) is 30.3 Å². The molecule has 0 spiro atoms. The van der Waals surface area contributed by atoms with Gasteiger partial charge >= 0.3 is 0 Å². The lowest BCUT2D eigenvalue weighted by atomic mass is 10.1. The fraction of sp³-hybridized carbons (Fsp3) is 0.103. The number of aryl methyl sites for hydroxylation is 1. The number of rotatable bonds is 12. The van der Waals surface area contributed by atoms with Gasteiger partial charge in [-0.3, -0.25) is 23.5 Å². The average molecular weight is 972 g/mol. The van der Waals surface area contributed by atoms with E-state index in [2.05, 4.69) is 30.7 Å². The molecule has 2 aliphatic rings. The Morgan fingerprint density at radius 2 is 1.17 bits per heavy atom. The molecule has 5 aromatic rings. The minimum atomic E-state index is -4.70. The van der Waals surface area contributed by atoms with Crippen LogP contribution in [0, 0.1) is 6.92 Å². The van der Waals surface area contributed by atoms with Crippen LogP contribution >= 0.6 is 46.4 Å². The Hall–Kier alpha value is -5.97. The lowest BCUT2D eigenvalue weighted by Gasteiger charge is -2.25. The molecule has 5 aromatic carbocycles. The predicted octanol–water partition coefficient (Wildman–Crippen LogP) is 8.92. The van der Waals surface area contributed by atoms with Crippen molar-refractivity contribution in [2.24, 2.45) is 30.7 Å². The molecule has 0 aromatic heterocycles. The number of halogens is 4. The summed E-state index contributed by atoms with van der Waals surface area (Å²) in [6.45, 7) is 1.92. The van der Waals surface area contributed by atoms with Crippen LogP contribution in [-0.2, 0) is 36.4 Å². The van der Waals surface area contributed by atoms with Gasteiger partial charge in [0.15, 0.2) is 12.1 Å². The van der Waals surface area contributed by atoms with E-state index >= 15 is 0 Å². The number of anilines is 3. The van der Waals surface area contributed by atoms with Gasteiger partial charge in [0.05, 0.1) is 61.8 Å². The van der Waals surface area contributed by atoms with E-state index in [1.165, 1.54) is 23.4 Å². The summed E-state index contributed by atoms with van der Waals surface area (Å²) < 4.78 is 65.4. The second-order valence-corrected chi connectivity index (χ2v) is 17.9. The van der Waals surface area contributed by atoms with Crippen molar-refractivity contribution in [2.45, 2.75) is 35.3 Å². The van der Waals surface area contributed by atoms with Crippen molar-refractivity contribution in [3.8, 4) is 0 Å². The molecule has 0 radical (unpaired) electrons. The second-order valence-electron chi connectivity index (χ2n) is 13.5. The van der Waals surface area contributed by atoms with Crippen molar-refractivity contribution in [1.82, 2.24) is 0 Å². The van der Waals surface area contributed by atoms with E-state index < -0.39 is 69.9 Å². The molecule has 2 atom stereocenters. The largest absolute Gasteiger partial charge is 0.304 e. The molecule has 63 heavy (non-hydrogen) atoms. The zero-order valence-electron chi connectivity index (χ0n) is 31.9. The molecule has 7 rings (SSSR count). The Labute approximate surface area is 378 Å². The molecule has 2 heterocycles. The number of hydrogen-bond donors (Lipinski definition) is 2. The molecule has 0 saturated heterocycles. The predicted molar refractivity (Wildman–Crippen MR) is 236 cm³/mol. The Bertz CT molecular complexity index is 3070. The van der Waals surface area contributed by atoms with Gasteiger partial charge in [0.1, 0.15) is 9.79 Å². The highest BCUT2D eigenvalue weighted by Gasteiger charge is 2.34. The van der Waals surface area contributed by atoms with Crippen LogP contribution in [0.15, 0.2) is 138 Å². The summed E-state index contributed by atoms with van der Waals surface area (Å²) in [5, 5.41) is 25.2. The molecule has 2 N–H and O–H groups in total. The maximum atomic E-state index is 14.4. The fourth-order valence-corrected chi connectivity index (χ4v) is 8.79. The molecule has 0 fully saturated rings. The number of carbonyl (C=O) groups is 3. The van der Waals surface area contributed by atoms with Crippen LogP contribution < -0.4 is 14.9 Å². The maximum absolute atomic E-state index is 14.4. The quantitative estimate of drug-likeness (QED) is 0.0894. The van der Waals surface area contributed by atoms with Gasteiger partial charge in [0, 0.05) is 11.3 Å². The highest BCUT2D eigenvalue weighted by atomic mass is 35.5. The van der Waals surface area contributed by atoms with Gasteiger partial charge in [-0.1, -0.05) is 88.9 Å². The average Bonchev–Trinajstić information content (AvgIpc) is 3.79. The van der Waals surface area contributed by atoms with Crippen molar-refractivity contribution < 1.29 is 40.3 Å². The first-order valence-electron chi connectivity index (χ1n) is 17.9. The van der Waals surface area contributed by atoms with Crippen LogP contribution in [0.3, 0.4) is 0 Å². The summed E-state index contributed by atoms with van der Waals surface area (Å²) in [7, 11) is -9.40. The molecule has 18 nitrogen and oxygen atoms in total. The second kappa shape index (κ2) is 18.0. The lowest BCUT2D eigenvalue weighted by Crippen LogP contribution is -2.31. The number of azo groups is 2. The van der Waals surface area contributed by atoms with E-state index in [0.717, 1.165) is 39.8 Å². The highest BCUT2D eigenvalue weighted by Crippen LogP contribution is 2.38. The van der Waals surface area contributed by atoms with E-state index in [4.69, 9.17) is 46.4 Å². The van der Waals surface area contributed by atoms with Gasteiger partial charge in [-0.2, -0.15) is 57.5 Å². The normalized spacial score (nSPS) is 16.6. The third kappa shape index (κ3) is 9.82. The maximum Gasteiger partial charge on any atom is 0.296 e. The van der Waals surface area contributed by atoms with Crippen LogP contribution in [0.25, 0.3) is 0 Å². The van der Waals surface area contributed by atoms with Crippen molar-refractivity contribution in [1.29, 1.82) is 0 Å². The SMILES string of the molecule is Cc1ccc(N=NC2C=NN(c3cc(Cl)c(S(=O)(=O)O)cc3Cl)C2=O)cc1N(Cc1ccccc1)C(=O)c1cccc(N=NC2C=NN(c3cc(Cl)c(S(=O)(=O)O)cc3Cl)C2=O)c1. The fourth-order valence-electron chi connectivity index (χ4n) is 6.13. The van der Waals surface area contributed by atoms with Gasteiger partial charge in [0.25, 0.3) is 38.0 Å². The number of carbonyl (C=O) groups excluding carboxylic acids is 3. The minimum Gasteiger partial charge on any atom is -0.304 e. The standard InChI is InChI=1S/C39H27Cl4N9O9S2/c1-21-10-11-25(47-49-31-19-45-52(39(31)55)34-15-29(43)36(17-27(34)41)63(59,60)61)13-32(21)50(20-22-6-3-2-4-7-22)37(53)23-8-5-9-24(12-23)46-48-30-18-44-51(38(30)54)33-14-28(42)35(16-26(33)40)62(56,57)58/h2-19,30-31H,20H2,1H3,(H,56,57,58)(H,59,60,61). The number of hydrogen-bond acceptors (Lipinski definition) is 13. The zero-order chi connectivity index (χ0) is 45.4. The molecule has 322 valence electrons. The summed E-state index contributed by atoms with van der Waals surface area (Å²) in [5.41, 5.74) is 2.52. The molecule has 3 amide bonds. The molecule has 0 saturated carbocycles. The van der Waals surface area contributed by atoms with Crippen molar-refractivity contribution in [3.05, 3.63) is 134 Å². The molecule has 2 unspecified atom stereocenters. The van der Waals surface area contributed by atoms with E-state index in [0.29, 0.717) is 11.3 Å². The Balaban J connectivity index is 1.11. The van der Waals surface area contributed by atoms with Crippen LogP contribution in [0.1, 0.15) is 21.5 Å². The van der Waals surface area contributed by atoms with Crippen LogP contribution in [-0.4, -0.2) is 68.2 Å². The third-order valence-corrected chi connectivity index (χ3v) is 12.4. The van der Waals surface area contributed by atoms with E-state index in [1.54, 1.807) is 43.3 Å². The molecular formula is C39H27Cl4N9O9S2. The number of hydrazone groups is 2. The summed E-state index contributed by atoms with van der Waals surface area (Å²) in [6.07, 6.45) is 2.38. The highest BCUT2D eigenvalue weighted by molar-refractivity contribution is 7.86. The smallest absolute Gasteiger partial charge is 0.296 e. The molecule has 24 heteroatoms. The Morgan fingerprint density at radius 3 is 1.68 bits per heavy atom. The van der Waals surface area contributed by atoms with Gasteiger partial charge in [-0.15, -0.1) is 0 Å². The van der Waals surface area contributed by atoms with Gasteiger partial charge in [-0.25, -0.2) is 0 Å². The summed E-state index contributed by atoms with van der Waals surface area (Å²) in [4.78, 5) is 41.2. The number of benzene rings is 5. The monoisotopic (exact) mass is 969 g/mol. The minimum absolute atomic E-state index is 0.0564. The van der Waals surface area contributed by atoms with Gasteiger partial charge < -0.3 is 4.90 Å². The zero-order valence-corrected chi connectivity index (χ0v) is 36.5. The van der Waals surface area contributed by atoms with Crippen molar-refractivity contribution >= 4 is 125 Å². The first kappa shape index (κ1) is 45.1. The van der Waals surface area contributed by atoms with Gasteiger partial charge in [0.2, 0.25) is 0 Å². The van der Waals surface area contributed by atoms with Gasteiger partial charge in [-0.05, 0) is 72.6 Å². The summed E-state index contributed by atoms with van der Waals surface area (Å²) in [5.74, 6) is -1.83. The van der Waals surface area contributed by atoms with Crippen molar-refractivity contribution in [3.63, 3.8) is 0 Å². The number of nitrogens with zero attached hydrogens (tertiary/aromatic N) is 9. The van der Waals surface area contributed by atoms with E-state index in [-0.39, 0.29) is 44.9 Å². The van der Waals surface area contributed by atoms with Crippen molar-refractivity contribution in [2.75, 3.05) is 14.9 Å². The Morgan fingerprint density at radius 1 is 0.667 bits per heavy atom. The number of amides is 3. The van der Waals surface area contributed by atoms with Crippen LogP contribution in [0.5, 0.6) is 0 Å². The topological polar surface area (TPSA) is 244 Å². The molecule has 0 bridgehead atoms. The summed E-state index contributed by atoms with van der Waals surface area (Å²) in [6, 6.07) is 21.9. The van der Waals surface area contributed by atoms with E-state index in [9.17, 15) is 40.3 Å². The first-order chi connectivity index (χ1) is 29.8. The lowest BCUT2D eigenvalue weighted by molar-refractivity contribution is -0.118. The Kier molecular flexibility index (Phi) is 12.9. The molecule has 0 aliphatic carbocycles. The summed E-state index contributed by atoms with van der Waals surface area (Å²) >= 11 is 24.5. The third-order valence-electron chi connectivity index (χ3n) is 9.19.